The molecule has 0 bridgehead atoms. The number of rotatable bonds is 5. The molecule has 8 nitrogen and oxygen atoms in total. The van der Waals surface area contributed by atoms with Crippen LogP contribution >= 0.6 is 0 Å². The average molecular weight is 463 g/mol. The minimum Gasteiger partial charge on any atom is -0.507 e. The maximum atomic E-state index is 12.1. The number of anilines is 1. The largest absolute Gasteiger partial charge is 0.507 e. The molecule has 0 aliphatic carbocycles. The van der Waals surface area contributed by atoms with Crippen molar-refractivity contribution in [2.45, 2.75) is 44.8 Å². The molecule has 2 aliphatic heterocycles. The van der Waals surface area contributed by atoms with Crippen LogP contribution in [0.25, 0.3) is 22.3 Å². The van der Waals surface area contributed by atoms with Crippen molar-refractivity contribution in [3.05, 3.63) is 48.0 Å². The fourth-order valence-corrected chi connectivity index (χ4v) is 4.99. The third kappa shape index (κ3) is 4.50. The number of aromatic hydroxyl groups is 1. The minimum atomic E-state index is -0.904. The fourth-order valence-electron chi connectivity index (χ4n) is 4.99. The molecule has 2 N–H and O–H groups in total. The smallest absolute Gasteiger partial charge is 0.407 e. The molecule has 1 aromatic heterocycles. The number of fused-ring (bicyclic) bond motifs is 1. The molecule has 5 rings (SSSR count). The van der Waals surface area contributed by atoms with Crippen LogP contribution in [-0.2, 0) is 4.74 Å². The predicted octanol–water partition coefficient (Wildman–Crippen LogP) is 4.44. The van der Waals surface area contributed by atoms with Gasteiger partial charge in [-0.15, -0.1) is 0 Å². The van der Waals surface area contributed by atoms with Crippen molar-refractivity contribution in [1.82, 2.24) is 14.9 Å². The summed E-state index contributed by atoms with van der Waals surface area (Å²) in [6.45, 7) is 4.38. The van der Waals surface area contributed by atoms with Crippen LogP contribution in [-0.4, -0.2) is 69.6 Å². The zero-order valence-corrected chi connectivity index (χ0v) is 19.4. The number of para-hydroxylation sites is 1. The number of ether oxygens (including phenoxy) is 1. The first kappa shape index (κ1) is 22.4. The monoisotopic (exact) mass is 462 g/mol. The number of hydrogen-bond donors (Lipinski definition) is 2. The highest BCUT2D eigenvalue weighted by atomic mass is 16.5. The van der Waals surface area contributed by atoms with Gasteiger partial charge >= 0.3 is 6.09 Å². The molecule has 0 saturated carbocycles. The van der Waals surface area contributed by atoms with Crippen LogP contribution in [0.3, 0.4) is 0 Å². The summed E-state index contributed by atoms with van der Waals surface area (Å²) < 4.78 is 5.81. The summed E-state index contributed by atoms with van der Waals surface area (Å²) in [7, 11) is 0. The van der Waals surface area contributed by atoms with Crippen LogP contribution in [0.15, 0.2) is 42.5 Å². The van der Waals surface area contributed by atoms with E-state index < -0.39 is 6.09 Å². The molecule has 3 heterocycles. The van der Waals surface area contributed by atoms with Crippen molar-refractivity contribution in [2.75, 3.05) is 31.1 Å². The number of phenols is 1. The Kier molecular flexibility index (Phi) is 6.24. The molecule has 0 radical (unpaired) electrons. The molecule has 1 amide bonds. The average Bonchev–Trinajstić information content (AvgIpc) is 3.32. The Morgan fingerprint density at radius 3 is 2.79 bits per heavy atom. The van der Waals surface area contributed by atoms with E-state index in [2.05, 4.69) is 4.90 Å². The summed E-state index contributed by atoms with van der Waals surface area (Å²) in [5.74, 6) is 1.36. The summed E-state index contributed by atoms with van der Waals surface area (Å²) in [4.78, 5) is 25.4. The maximum Gasteiger partial charge on any atom is 0.407 e. The topological polar surface area (TPSA) is 99.0 Å². The number of phenolic OH excluding ortho intramolecular Hbond substituents is 1. The summed E-state index contributed by atoms with van der Waals surface area (Å²) in [5, 5.41) is 21.3. The van der Waals surface area contributed by atoms with Gasteiger partial charge in [0.05, 0.1) is 29.8 Å². The number of hydrogen-bond acceptors (Lipinski definition) is 6. The van der Waals surface area contributed by atoms with E-state index in [1.165, 1.54) is 0 Å². The lowest BCUT2D eigenvalue weighted by Gasteiger charge is -2.32. The summed E-state index contributed by atoms with van der Waals surface area (Å²) >= 11 is 0. The van der Waals surface area contributed by atoms with E-state index in [1.807, 2.05) is 31.2 Å². The molecule has 8 heteroatoms. The summed E-state index contributed by atoms with van der Waals surface area (Å²) in [5.41, 5.74) is 2.46. The number of nitrogens with zero attached hydrogens (tertiary/aromatic N) is 4. The Labute approximate surface area is 198 Å². The Balaban J connectivity index is 1.46. The highest BCUT2D eigenvalue weighted by Gasteiger charge is 2.34. The Hall–Kier alpha value is -3.39. The molecule has 2 aliphatic rings. The van der Waals surface area contributed by atoms with Crippen LogP contribution in [0, 0.1) is 6.92 Å². The first-order chi connectivity index (χ1) is 16.5. The molecule has 2 atom stereocenters. The predicted molar refractivity (Wildman–Crippen MR) is 130 cm³/mol. The van der Waals surface area contributed by atoms with E-state index in [-0.39, 0.29) is 17.9 Å². The SMILES string of the molecule is Cc1ccc2c(N3CC[C@@H](N(CC4CCCCO4)C(=O)O)C3)nc(-c3ccccc3O)nc2c1. The van der Waals surface area contributed by atoms with Gasteiger partial charge in [-0.05, 0) is 62.4 Å². The Bertz CT molecular complexity index is 1190. The van der Waals surface area contributed by atoms with E-state index in [0.29, 0.717) is 37.6 Å². The number of amides is 1. The van der Waals surface area contributed by atoms with Gasteiger partial charge in [-0.25, -0.2) is 14.8 Å². The standard InChI is InChI=1S/C26H30N4O4/c1-17-9-10-20-22(14-17)27-24(21-7-2-3-8-23(21)31)28-25(20)29-12-11-18(15-29)30(26(32)33)16-19-6-4-5-13-34-19/h2-3,7-10,14,18-19,31H,4-6,11-13,15-16H2,1H3,(H,32,33)/t18-,19?/m1/s1. The Morgan fingerprint density at radius 1 is 1.18 bits per heavy atom. The second kappa shape index (κ2) is 9.46. The number of benzene rings is 2. The van der Waals surface area contributed by atoms with Gasteiger partial charge in [0.25, 0.3) is 0 Å². The highest BCUT2D eigenvalue weighted by Crippen LogP contribution is 2.34. The highest BCUT2D eigenvalue weighted by molar-refractivity contribution is 5.92. The van der Waals surface area contributed by atoms with Crippen LogP contribution in [0.2, 0.25) is 0 Å². The molecule has 0 spiro atoms. The molecule has 2 saturated heterocycles. The van der Waals surface area contributed by atoms with Crippen molar-refractivity contribution in [2.24, 2.45) is 0 Å². The van der Waals surface area contributed by atoms with Gasteiger partial charge < -0.3 is 24.7 Å². The van der Waals surface area contributed by atoms with Crippen LogP contribution < -0.4 is 4.90 Å². The van der Waals surface area contributed by atoms with Gasteiger partial charge in [0.2, 0.25) is 0 Å². The molecule has 34 heavy (non-hydrogen) atoms. The third-order valence-electron chi connectivity index (χ3n) is 6.80. The second-order valence-electron chi connectivity index (χ2n) is 9.22. The normalized spacial score (nSPS) is 20.6. The van der Waals surface area contributed by atoms with Crippen LogP contribution in [0.1, 0.15) is 31.2 Å². The van der Waals surface area contributed by atoms with E-state index in [0.717, 1.165) is 48.0 Å². The van der Waals surface area contributed by atoms with Crippen LogP contribution in [0.5, 0.6) is 5.75 Å². The maximum absolute atomic E-state index is 12.1. The van der Waals surface area contributed by atoms with E-state index in [1.54, 1.807) is 23.1 Å². The lowest BCUT2D eigenvalue weighted by molar-refractivity contribution is -0.00879. The van der Waals surface area contributed by atoms with Gasteiger partial charge in [0, 0.05) is 25.1 Å². The van der Waals surface area contributed by atoms with E-state index >= 15 is 0 Å². The third-order valence-corrected chi connectivity index (χ3v) is 6.80. The van der Waals surface area contributed by atoms with E-state index in [9.17, 15) is 15.0 Å². The van der Waals surface area contributed by atoms with Crippen molar-refractivity contribution in [3.63, 3.8) is 0 Å². The quantitative estimate of drug-likeness (QED) is 0.578. The lowest BCUT2D eigenvalue weighted by atomic mass is 10.1. The molecular formula is C26H30N4O4. The second-order valence-corrected chi connectivity index (χ2v) is 9.22. The number of carboxylic acid groups (broad SMARTS) is 1. The van der Waals surface area contributed by atoms with Crippen molar-refractivity contribution < 1.29 is 19.7 Å². The first-order valence-corrected chi connectivity index (χ1v) is 11.9. The van der Waals surface area contributed by atoms with Crippen molar-refractivity contribution in [3.8, 4) is 17.1 Å². The molecule has 2 aromatic carbocycles. The lowest BCUT2D eigenvalue weighted by Crippen LogP contribution is -2.46. The summed E-state index contributed by atoms with van der Waals surface area (Å²) in [6.07, 6.45) is 2.81. The Morgan fingerprint density at radius 2 is 2.03 bits per heavy atom. The zero-order valence-electron chi connectivity index (χ0n) is 19.4. The van der Waals surface area contributed by atoms with Gasteiger partial charge in [-0.3, -0.25) is 0 Å². The number of carbonyl (C=O) groups is 1. The molecule has 178 valence electrons. The van der Waals surface area contributed by atoms with Crippen molar-refractivity contribution >= 4 is 22.8 Å². The fraction of sp³-hybridized carbons (Fsp3) is 0.423. The van der Waals surface area contributed by atoms with Gasteiger partial charge in [-0.1, -0.05) is 18.2 Å². The molecular weight excluding hydrogens is 432 g/mol. The number of aryl methyl sites for hydroxylation is 1. The molecule has 1 unspecified atom stereocenters. The zero-order chi connectivity index (χ0) is 23.7. The minimum absolute atomic E-state index is 0.0329. The van der Waals surface area contributed by atoms with Gasteiger partial charge in [0.1, 0.15) is 11.6 Å². The van der Waals surface area contributed by atoms with E-state index in [4.69, 9.17) is 14.7 Å². The summed E-state index contributed by atoms with van der Waals surface area (Å²) in [6, 6.07) is 13.0. The number of aromatic nitrogens is 2. The first-order valence-electron chi connectivity index (χ1n) is 11.9. The van der Waals surface area contributed by atoms with Gasteiger partial charge in [-0.2, -0.15) is 0 Å². The van der Waals surface area contributed by atoms with Crippen molar-refractivity contribution in [1.29, 1.82) is 0 Å². The van der Waals surface area contributed by atoms with Crippen LogP contribution in [0.4, 0.5) is 10.6 Å². The molecule has 2 fully saturated rings. The molecule has 3 aromatic rings. The van der Waals surface area contributed by atoms with Gasteiger partial charge in [0.15, 0.2) is 5.82 Å².